The highest BCUT2D eigenvalue weighted by molar-refractivity contribution is 8.33. The molecule has 3 unspecified atom stereocenters. The molecule has 2 fully saturated rings. The van der Waals surface area contributed by atoms with E-state index < -0.39 is 30.6 Å². The van der Waals surface area contributed by atoms with Crippen molar-refractivity contribution in [3.05, 3.63) is 0 Å². The van der Waals surface area contributed by atoms with E-state index >= 15 is 0 Å². The standard InChI is InChI=1S/C22H40O5S2/c1-8-9-10-11-18(23)15-28(7,20(2,3)4)27-29(25,26)16-22-13-12-17(14-19(22)24)21(22,5)6/h17H,8-16H2,1-7H3. The summed E-state index contributed by atoms with van der Waals surface area (Å²) >= 11 is 0. The van der Waals surface area contributed by atoms with E-state index in [1.54, 1.807) is 6.26 Å². The monoisotopic (exact) mass is 448 g/mol. The molecule has 7 heteroatoms. The zero-order valence-corrected chi connectivity index (χ0v) is 20.9. The minimum absolute atomic E-state index is 0.0639. The molecule has 2 aliphatic carbocycles. The second-order valence-corrected chi connectivity index (χ2v) is 16.2. The molecule has 0 spiro atoms. The molecule has 0 aliphatic heterocycles. The number of hydrogen-bond acceptors (Lipinski definition) is 5. The predicted molar refractivity (Wildman–Crippen MR) is 121 cm³/mol. The minimum Gasteiger partial charge on any atom is -0.299 e. The zero-order valence-electron chi connectivity index (χ0n) is 19.3. The van der Waals surface area contributed by atoms with Crippen molar-refractivity contribution in [1.82, 2.24) is 0 Å². The number of Topliss-reactive ketones (excluding diaryl/α,β-unsaturated/α-hetero) is 2. The third-order valence-corrected chi connectivity index (χ3v) is 13.9. The number of hydrogen-bond donors (Lipinski definition) is 0. The minimum atomic E-state index is -3.96. The van der Waals surface area contributed by atoms with Gasteiger partial charge in [0.15, 0.2) is 0 Å². The molecule has 2 aliphatic rings. The lowest BCUT2D eigenvalue weighted by molar-refractivity contribution is -0.128. The number of carbonyl (C=O) groups excluding carboxylic acids is 2. The highest BCUT2D eigenvalue weighted by Gasteiger charge is 2.65. The smallest absolute Gasteiger partial charge is 0.277 e. The molecule has 0 aromatic rings. The van der Waals surface area contributed by atoms with E-state index in [0.29, 0.717) is 19.3 Å². The van der Waals surface area contributed by atoms with Crippen molar-refractivity contribution in [2.24, 2.45) is 16.7 Å². The number of rotatable bonds is 10. The van der Waals surface area contributed by atoms with Gasteiger partial charge in [0.1, 0.15) is 11.6 Å². The van der Waals surface area contributed by atoms with Crippen LogP contribution in [-0.4, -0.2) is 42.5 Å². The quantitative estimate of drug-likeness (QED) is 0.438. The first kappa shape index (κ1) is 24.9. The molecule has 5 nitrogen and oxygen atoms in total. The number of carbonyl (C=O) groups is 2. The molecule has 0 heterocycles. The van der Waals surface area contributed by atoms with Gasteiger partial charge in [-0.3, -0.25) is 9.59 Å². The van der Waals surface area contributed by atoms with Crippen LogP contribution in [0.4, 0.5) is 0 Å². The van der Waals surface area contributed by atoms with Crippen LogP contribution in [-0.2, 0) is 23.3 Å². The molecule has 2 rings (SSSR count). The van der Waals surface area contributed by atoms with Crippen LogP contribution in [0, 0.1) is 16.7 Å². The Kier molecular flexibility index (Phi) is 7.09. The van der Waals surface area contributed by atoms with Gasteiger partial charge in [-0.05, 0) is 36.9 Å². The number of fused-ring (bicyclic) bond motifs is 2. The normalized spacial score (nSPS) is 29.6. The molecule has 0 radical (unpaired) electrons. The van der Waals surface area contributed by atoms with Gasteiger partial charge in [0.25, 0.3) is 10.1 Å². The summed E-state index contributed by atoms with van der Waals surface area (Å²) in [7, 11) is -6.18. The van der Waals surface area contributed by atoms with Crippen molar-refractivity contribution in [3.63, 3.8) is 0 Å². The molecule has 0 N–H and O–H groups in total. The van der Waals surface area contributed by atoms with E-state index in [-0.39, 0.29) is 34.4 Å². The first-order chi connectivity index (χ1) is 13.1. The summed E-state index contributed by atoms with van der Waals surface area (Å²) in [6, 6.07) is 0. The Hall–Kier alpha value is -0.400. The van der Waals surface area contributed by atoms with Crippen LogP contribution in [0.5, 0.6) is 0 Å². The van der Waals surface area contributed by atoms with Crippen LogP contribution in [0.2, 0.25) is 0 Å². The molecule has 0 aromatic carbocycles. The van der Waals surface area contributed by atoms with Crippen molar-refractivity contribution in [2.45, 2.75) is 91.2 Å². The van der Waals surface area contributed by atoms with E-state index in [1.807, 2.05) is 34.6 Å². The van der Waals surface area contributed by atoms with Crippen molar-refractivity contribution in [3.8, 4) is 0 Å². The number of unbranched alkanes of at least 4 members (excludes halogenated alkanes) is 2. The van der Waals surface area contributed by atoms with E-state index in [1.165, 1.54) is 0 Å². The zero-order chi connectivity index (χ0) is 22.3. The van der Waals surface area contributed by atoms with E-state index in [0.717, 1.165) is 25.7 Å². The maximum atomic E-state index is 13.2. The second kappa shape index (κ2) is 8.27. The van der Waals surface area contributed by atoms with Crippen molar-refractivity contribution in [1.29, 1.82) is 0 Å². The van der Waals surface area contributed by atoms with E-state index in [4.69, 9.17) is 3.63 Å². The summed E-state index contributed by atoms with van der Waals surface area (Å²) in [5.41, 5.74) is -1.18. The van der Waals surface area contributed by atoms with Crippen molar-refractivity contribution >= 4 is 32.0 Å². The Morgan fingerprint density at radius 2 is 1.83 bits per heavy atom. The van der Waals surface area contributed by atoms with Crippen molar-refractivity contribution in [2.75, 3.05) is 17.8 Å². The highest BCUT2D eigenvalue weighted by atomic mass is 32.3. The van der Waals surface area contributed by atoms with Gasteiger partial charge in [-0.15, -0.1) is 10.3 Å². The largest absolute Gasteiger partial charge is 0.299 e. The van der Waals surface area contributed by atoms with Gasteiger partial charge < -0.3 is 0 Å². The molecule has 2 bridgehead atoms. The van der Waals surface area contributed by atoms with Crippen LogP contribution >= 0.6 is 10.3 Å². The lowest BCUT2D eigenvalue weighted by Crippen LogP contribution is -2.43. The average molecular weight is 449 g/mol. The maximum Gasteiger partial charge on any atom is 0.277 e. The van der Waals surface area contributed by atoms with Crippen LogP contribution < -0.4 is 0 Å². The van der Waals surface area contributed by atoms with Gasteiger partial charge >= 0.3 is 0 Å². The summed E-state index contributed by atoms with van der Waals surface area (Å²) in [4.78, 5) is 25.4. The lowest BCUT2D eigenvalue weighted by Gasteiger charge is -2.46. The number of ketones is 2. The summed E-state index contributed by atoms with van der Waals surface area (Å²) in [5, 5.41) is 0. The summed E-state index contributed by atoms with van der Waals surface area (Å²) in [6.45, 7) is 11.9. The Balaban J connectivity index is 2.22. The predicted octanol–water partition coefficient (Wildman–Crippen LogP) is 5.03. The fourth-order valence-corrected chi connectivity index (χ4v) is 10.5. The highest BCUT2D eigenvalue weighted by Crippen LogP contribution is 2.65. The Morgan fingerprint density at radius 1 is 1.21 bits per heavy atom. The average Bonchev–Trinajstić information content (AvgIpc) is 2.87. The van der Waals surface area contributed by atoms with Crippen molar-refractivity contribution < 1.29 is 21.6 Å². The third-order valence-electron chi connectivity index (χ3n) is 7.61. The molecule has 0 saturated heterocycles. The molecule has 29 heavy (non-hydrogen) atoms. The van der Waals surface area contributed by atoms with Gasteiger partial charge in [-0.1, -0.05) is 54.4 Å². The summed E-state index contributed by atoms with van der Waals surface area (Å²) < 4.78 is 31.9. The Morgan fingerprint density at radius 3 is 2.28 bits per heavy atom. The second-order valence-electron chi connectivity index (χ2n) is 10.7. The van der Waals surface area contributed by atoms with Gasteiger partial charge in [-0.2, -0.15) is 8.42 Å². The van der Waals surface area contributed by atoms with Crippen LogP contribution in [0.15, 0.2) is 0 Å². The van der Waals surface area contributed by atoms with Gasteiger partial charge in [0, 0.05) is 17.6 Å². The molecular weight excluding hydrogens is 408 g/mol. The van der Waals surface area contributed by atoms with Gasteiger partial charge in [-0.25, -0.2) is 3.63 Å². The summed E-state index contributed by atoms with van der Waals surface area (Å²) in [5.74, 6) is 0.274. The first-order valence-corrected chi connectivity index (χ1v) is 14.6. The Bertz CT molecular complexity index is 750. The van der Waals surface area contributed by atoms with Gasteiger partial charge in [0.2, 0.25) is 0 Å². The Labute approximate surface area is 179 Å². The molecule has 0 aromatic heterocycles. The maximum absolute atomic E-state index is 13.2. The molecule has 0 amide bonds. The SMILES string of the molecule is CCCCCC(=O)CS(C)(OS(=O)(=O)CC12CCC(CC1=O)C2(C)C)C(C)(C)C. The lowest BCUT2D eigenvalue weighted by atomic mass is 9.70. The fraction of sp³-hybridized carbons (Fsp3) is 0.909. The van der Waals surface area contributed by atoms with E-state index in [9.17, 15) is 18.0 Å². The summed E-state index contributed by atoms with van der Waals surface area (Å²) in [6.07, 6.45) is 7.11. The van der Waals surface area contributed by atoms with Crippen LogP contribution in [0.1, 0.15) is 86.5 Å². The molecular formula is C22H40O5S2. The van der Waals surface area contributed by atoms with Crippen LogP contribution in [0.25, 0.3) is 0 Å². The van der Waals surface area contributed by atoms with Gasteiger partial charge in [0.05, 0.1) is 16.9 Å². The van der Waals surface area contributed by atoms with E-state index in [2.05, 4.69) is 6.92 Å². The molecule has 2 saturated carbocycles. The third kappa shape index (κ3) is 4.77. The molecule has 3 atom stereocenters. The topological polar surface area (TPSA) is 77.5 Å². The fourth-order valence-electron chi connectivity index (χ4n) is 4.96. The first-order valence-electron chi connectivity index (χ1n) is 10.8. The van der Waals surface area contributed by atoms with Crippen LogP contribution in [0.3, 0.4) is 0 Å². The molecule has 170 valence electrons.